The van der Waals surface area contributed by atoms with E-state index in [2.05, 4.69) is 29.6 Å². The van der Waals surface area contributed by atoms with Crippen molar-refractivity contribution in [3.8, 4) is 22.6 Å². The molecule has 0 radical (unpaired) electrons. The summed E-state index contributed by atoms with van der Waals surface area (Å²) in [5.74, 6) is 1.52. The van der Waals surface area contributed by atoms with Crippen LogP contribution in [0.15, 0.2) is 97.1 Å². The minimum absolute atomic E-state index is 0.0300. The second-order valence-electron chi connectivity index (χ2n) is 8.08. The van der Waals surface area contributed by atoms with Crippen LogP contribution in [0.1, 0.15) is 34.2 Å². The molecule has 0 aromatic heterocycles. The number of carbonyl (C=O) groups is 1. The first-order chi connectivity index (χ1) is 15.8. The lowest BCUT2D eigenvalue weighted by Gasteiger charge is -2.28. The molecule has 1 amide bonds. The summed E-state index contributed by atoms with van der Waals surface area (Å²) in [4.78, 5) is 12.9. The number of fused-ring (bicyclic) bond motifs is 5. The smallest absolute Gasteiger partial charge is 0.407 e. The van der Waals surface area contributed by atoms with E-state index in [1.54, 1.807) is 0 Å². The zero-order chi connectivity index (χ0) is 21.5. The fourth-order valence-corrected chi connectivity index (χ4v) is 4.82. The van der Waals surface area contributed by atoms with Gasteiger partial charge in [0, 0.05) is 17.0 Å². The van der Waals surface area contributed by atoms with Crippen LogP contribution in [0.2, 0.25) is 0 Å². The van der Waals surface area contributed by atoms with Crippen molar-refractivity contribution in [3.05, 3.63) is 119 Å². The van der Waals surface area contributed by atoms with Crippen LogP contribution in [0.5, 0.6) is 11.5 Å². The van der Waals surface area contributed by atoms with Gasteiger partial charge >= 0.3 is 6.09 Å². The van der Waals surface area contributed by atoms with E-state index in [1.807, 2.05) is 72.8 Å². The second kappa shape index (κ2) is 7.57. The Bertz CT molecular complexity index is 1240. The van der Waals surface area contributed by atoms with Crippen LogP contribution in [-0.4, -0.2) is 12.7 Å². The highest BCUT2D eigenvalue weighted by atomic mass is 16.5. The molecule has 1 N–H and O–H groups in total. The number of nitrogens with one attached hydrogen (secondary N) is 1. The number of ether oxygens (including phenoxy) is 2. The standard InChI is InChI=1S/C28H21NO3/c30-28(29-27-22-13-5-7-15-25(22)32-26-16-8-6-14-23(26)27)31-17-24-20-11-3-1-9-18(20)19-10-2-4-12-21(19)24/h1-16,24,27H,17H2,(H,29,30). The van der Waals surface area contributed by atoms with Gasteiger partial charge in [-0.05, 0) is 34.4 Å². The molecule has 4 heteroatoms. The van der Waals surface area contributed by atoms with Gasteiger partial charge in [-0.1, -0.05) is 84.9 Å². The summed E-state index contributed by atoms with van der Waals surface area (Å²) >= 11 is 0. The lowest BCUT2D eigenvalue weighted by Crippen LogP contribution is -2.32. The molecule has 0 bridgehead atoms. The highest BCUT2D eigenvalue weighted by Gasteiger charge is 2.31. The third-order valence-electron chi connectivity index (χ3n) is 6.29. The van der Waals surface area contributed by atoms with Gasteiger partial charge in [-0.25, -0.2) is 4.79 Å². The van der Waals surface area contributed by atoms with Crippen LogP contribution >= 0.6 is 0 Å². The molecule has 6 rings (SSSR count). The molecule has 4 aromatic rings. The van der Waals surface area contributed by atoms with Gasteiger partial charge in [-0.3, -0.25) is 0 Å². The second-order valence-corrected chi connectivity index (χ2v) is 8.08. The first-order valence-electron chi connectivity index (χ1n) is 10.8. The first-order valence-corrected chi connectivity index (χ1v) is 10.8. The van der Waals surface area contributed by atoms with Crippen LogP contribution in [0, 0.1) is 0 Å². The topological polar surface area (TPSA) is 47.6 Å². The summed E-state index contributed by atoms with van der Waals surface area (Å²) in [7, 11) is 0. The summed E-state index contributed by atoms with van der Waals surface area (Å²) in [6.07, 6.45) is -0.441. The quantitative estimate of drug-likeness (QED) is 0.417. The van der Waals surface area contributed by atoms with E-state index < -0.39 is 6.09 Å². The molecule has 156 valence electrons. The predicted molar refractivity (Wildman–Crippen MR) is 123 cm³/mol. The van der Waals surface area contributed by atoms with E-state index in [0.29, 0.717) is 0 Å². The van der Waals surface area contributed by atoms with E-state index >= 15 is 0 Å². The molecular formula is C28H21NO3. The van der Waals surface area contributed by atoms with Crippen molar-refractivity contribution in [2.45, 2.75) is 12.0 Å². The zero-order valence-corrected chi connectivity index (χ0v) is 17.3. The van der Waals surface area contributed by atoms with Gasteiger partial charge in [0.25, 0.3) is 0 Å². The molecule has 1 aliphatic heterocycles. The van der Waals surface area contributed by atoms with Crippen LogP contribution < -0.4 is 10.1 Å². The molecule has 1 heterocycles. The number of amides is 1. The molecule has 0 saturated heterocycles. The Morgan fingerprint density at radius 3 is 1.72 bits per heavy atom. The maximum atomic E-state index is 12.9. The van der Waals surface area contributed by atoms with Crippen LogP contribution in [-0.2, 0) is 4.74 Å². The maximum Gasteiger partial charge on any atom is 0.407 e. The fourth-order valence-electron chi connectivity index (χ4n) is 4.82. The van der Waals surface area contributed by atoms with Gasteiger partial charge < -0.3 is 14.8 Å². The third-order valence-corrected chi connectivity index (χ3v) is 6.29. The molecule has 0 unspecified atom stereocenters. The number of carbonyl (C=O) groups excluding carboxylic acids is 1. The third kappa shape index (κ3) is 3.04. The Morgan fingerprint density at radius 1 is 0.688 bits per heavy atom. The Morgan fingerprint density at radius 2 is 1.16 bits per heavy atom. The minimum Gasteiger partial charge on any atom is -0.457 e. The lowest BCUT2D eigenvalue weighted by atomic mass is 9.95. The van der Waals surface area contributed by atoms with Crippen molar-refractivity contribution in [2.24, 2.45) is 0 Å². The van der Waals surface area contributed by atoms with Gasteiger partial charge in [-0.15, -0.1) is 0 Å². The normalized spacial score (nSPS) is 13.9. The summed E-state index contributed by atoms with van der Waals surface area (Å²) in [6, 6.07) is 31.9. The van der Waals surface area contributed by atoms with E-state index in [9.17, 15) is 4.79 Å². The highest BCUT2D eigenvalue weighted by Crippen LogP contribution is 2.45. The highest BCUT2D eigenvalue weighted by molar-refractivity contribution is 5.79. The van der Waals surface area contributed by atoms with Crippen molar-refractivity contribution in [1.82, 2.24) is 5.32 Å². The lowest BCUT2D eigenvalue weighted by molar-refractivity contribution is 0.140. The zero-order valence-electron chi connectivity index (χ0n) is 17.3. The summed E-state index contributed by atoms with van der Waals surface area (Å²) in [5.41, 5.74) is 6.65. The number of alkyl carbamates (subject to hydrolysis) is 1. The molecular weight excluding hydrogens is 398 g/mol. The molecule has 2 aliphatic rings. The fraction of sp³-hybridized carbons (Fsp3) is 0.107. The summed E-state index contributed by atoms with van der Waals surface area (Å²) in [5, 5.41) is 3.06. The first kappa shape index (κ1) is 18.7. The molecule has 4 nitrogen and oxygen atoms in total. The average molecular weight is 419 g/mol. The molecule has 4 aromatic carbocycles. The molecule has 0 fully saturated rings. The van der Waals surface area contributed by atoms with Gasteiger partial charge in [0.2, 0.25) is 0 Å². The Balaban J connectivity index is 1.24. The van der Waals surface area contributed by atoms with Gasteiger partial charge in [0.05, 0.1) is 6.04 Å². The SMILES string of the molecule is O=C(NC1c2ccccc2Oc2ccccc21)OCC1c2ccccc2-c2ccccc21. The van der Waals surface area contributed by atoms with Crippen molar-refractivity contribution in [3.63, 3.8) is 0 Å². The number of rotatable bonds is 3. The largest absolute Gasteiger partial charge is 0.457 e. The van der Waals surface area contributed by atoms with Gasteiger partial charge in [-0.2, -0.15) is 0 Å². The van der Waals surface area contributed by atoms with Crippen molar-refractivity contribution >= 4 is 6.09 Å². The van der Waals surface area contributed by atoms with Gasteiger partial charge in [0.15, 0.2) is 0 Å². The Kier molecular flexibility index (Phi) is 4.43. The average Bonchev–Trinajstić information content (AvgIpc) is 3.16. The number of benzene rings is 4. The Hall–Kier alpha value is -4.05. The maximum absolute atomic E-state index is 12.9. The number of hydrogen-bond donors (Lipinski definition) is 1. The van der Waals surface area contributed by atoms with Crippen LogP contribution in [0.3, 0.4) is 0 Å². The van der Waals surface area contributed by atoms with Crippen molar-refractivity contribution in [2.75, 3.05) is 6.61 Å². The minimum atomic E-state index is -0.441. The molecule has 0 atom stereocenters. The van der Waals surface area contributed by atoms with Crippen molar-refractivity contribution < 1.29 is 14.3 Å². The monoisotopic (exact) mass is 419 g/mol. The van der Waals surface area contributed by atoms with E-state index in [0.717, 1.165) is 22.6 Å². The number of hydrogen-bond acceptors (Lipinski definition) is 3. The van der Waals surface area contributed by atoms with Gasteiger partial charge in [0.1, 0.15) is 18.1 Å². The van der Waals surface area contributed by atoms with Crippen LogP contribution in [0.25, 0.3) is 11.1 Å². The number of para-hydroxylation sites is 2. The summed E-state index contributed by atoms with van der Waals surface area (Å²) in [6.45, 7) is 0.284. The predicted octanol–water partition coefficient (Wildman–Crippen LogP) is 6.42. The Labute approximate surface area is 186 Å². The van der Waals surface area contributed by atoms with E-state index in [4.69, 9.17) is 9.47 Å². The molecule has 0 saturated carbocycles. The van der Waals surface area contributed by atoms with E-state index in [1.165, 1.54) is 22.3 Å². The van der Waals surface area contributed by atoms with Crippen LogP contribution in [0.4, 0.5) is 4.79 Å². The molecule has 0 spiro atoms. The van der Waals surface area contributed by atoms with E-state index in [-0.39, 0.29) is 18.6 Å². The molecule has 32 heavy (non-hydrogen) atoms. The summed E-state index contributed by atoms with van der Waals surface area (Å²) < 4.78 is 11.8. The molecule has 1 aliphatic carbocycles. The van der Waals surface area contributed by atoms with Crippen molar-refractivity contribution in [1.29, 1.82) is 0 Å².